The molecule has 1 aromatic rings. The Morgan fingerprint density at radius 2 is 2.29 bits per heavy atom. The van der Waals surface area contributed by atoms with Crippen LogP contribution in [0.2, 0.25) is 0 Å². The number of anilines is 1. The number of rotatable bonds is 5. The van der Waals surface area contributed by atoms with Crippen molar-refractivity contribution >= 4 is 11.7 Å². The van der Waals surface area contributed by atoms with Gasteiger partial charge in [-0.2, -0.15) is 13.2 Å². The SMILES string of the molecule is NC(=O)c1ccnc(NCC2CCN(CC(F)(F)F)C2)c1. The first-order valence-corrected chi connectivity index (χ1v) is 6.62. The third-order valence-corrected chi connectivity index (χ3v) is 3.39. The fourth-order valence-corrected chi connectivity index (χ4v) is 2.41. The van der Waals surface area contributed by atoms with E-state index in [1.54, 1.807) is 0 Å². The summed E-state index contributed by atoms with van der Waals surface area (Å²) < 4.78 is 36.9. The van der Waals surface area contributed by atoms with Crippen molar-refractivity contribution in [3.05, 3.63) is 23.9 Å². The van der Waals surface area contributed by atoms with Gasteiger partial charge in [0, 0.05) is 24.8 Å². The van der Waals surface area contributed by atoms with Gasteiger partial charge < -0.3 is 11.1 Å². The Balaban J connectivity index is 1.82. The number of pyridine rings is 1. The molecule has 3 N–H and O–H groups in total. The van der Waals surface area contributed by atoms with Crippen LogP contribution >= 0.6 is 0 Å². The Kier molecular flexibility index (Phi) is 4.66. The first kappa shape index (κ1) is 15.6. The van der Waals surface area contributed by atoms with Crippen molar-refractivity contribution in [1.29, 1.82) is 0 Å². The van der Waals surface area contributed by atoms with Gasteiger partial charge in [0.25, 0.3) is 0 Å². The topological polar surface area (TPSA) is 71.2 Å². The predicted molar refractivity (Wildman–Crippen MR) is 71.8 cm³/mol. The molecule has 1 aliphatic rings. The first-order chi connectivity index (χ1) is 9.83. The Hall–Kier alpha value is -1.83. The van der Waals surface area contributed by atoms with Crippen molar-refractivity contribution in [3.63, 3.8) is 0 Å². The fourth-order valence-electron chi connectivity index (χ4n) is 2.41. The molecule has 0 aliphatic carbocycles. The molecular formula is C13H17F3N4O. The van der Waals surface area contributed by atoms with Gasteiger partial charge >= 0.3 is 6.18 Å². The molecule has 0 bridgehead atoms. The minimum atomic E-state index is -4.15. The molecule has 1 unspecified atom stereocenters. The van der Waals surface area contributed by atoms with Gasteiger partial charge in [0.2, 0.25) is 5.91 Å². The number of halogens is 3. The number of primary amides is 1. The second-order valence-corrected chi connectivity index (χ2v) is 5.18. The molecule has 1 aromatic heterocycles. The van der Waals surface area contributed by atoms with Gasteiger partial charge in [-0.05, 0) is 31.0 Å². The van der Waals surface area contributed by atoms with Crippen LogP contribution in [0.15, 0.2) is 18.3 Å². The van der Waals surface area contributed by atoms with E-state index in [2.05, 4.69) is 10.3 Å². The van der Waals surface area contributed by atoms with E-state index in [0.717, 1.165) is 0 Å². The molecule has 0 spiro atoms. The van der Waals surface area contributed by atoms with E-state index in [1.165, 1.54) is 23.2 Å². The lowest BCUT2D eigenvalue weighted by atomic mass is 10.1. The lowest BCUT2D eigenvalue weighted by molar-refractivity contribution is -0.143. The van der Waals surface area contributed by atoms with Crippen molar-refractivity contribution in [2.75, 3.05) is 31.5 Å². The van der Waals surface area contributed by atoms with E-state index in [0.29, 0.717) is 37.4 Å². The molecule has 0 radical (unpaired) electrons. The first-order valence-electron chi connectivity index (χ1n) is 6.62. The smallest absolute Gasteiger partial charge is 0.370 e. The molecular weight excluding hydrogens is 285 g/mol. The molecule has 1 aliphatic heterocycles. The van der Waals surface area contributed by atoms with Gasteiger partial charge in [-0.3, -0.25) is 9.69 Å². The second kappa shape index (κ2) is 6.30. The van der Waals surface area contributed by atoms with E-state index in [4.69, 9.17) is 5.73 Å². The Morgan fingerprint density at radius 1 is 1.52 bits per heavy atom. The third-order valence-electron chi connectivity index (χ3n) is 3.39. The maximum Gasteiger partial charge on any atom is 0.401 e. The largest absolute Gasteiger partial charge is 0.401 e. The normalized spacial score (nSPS) is 19.7. The minimum Gasteiger partial charge on any atom is -0.370 e. The summed E-state index contributed by atoms with van der Waals surface area (Å²) in [5, 5.41) is 3.04. The number of hydrogen-bond acceptors (Lipinski definition) is 4. The maximum atomic E-state index is 12.3. The summed E-state index contributed by atoms with van der Waals surface area (Å²) in [5.41, 5.74) is 5.52. The van der Waals surface area contributed by atoms with Crippen molar-refractivity contribution in [2.45, 2.75) is 12.6 Å². The van der Waals surface area contributed by atoms with Crippen LogP contribution < -0.4 is 11.1 Å². The number of carbonyl (C=O) groups excluding carboxylic acids is 1. The number of amides is 1. The van der Waals surface area contributed by atoms with Gasteiger partial charge in [-0.1, -0.05) is 0 Å². The highest BCUT2D eigenvalue weighted by Gasteiger charge is 2.34. The van der Waals surface area contributed by atoms with Crippen molar-refractivity contribution < 1.29 is 18.0 Å². The van der Waals surface area contributed by atoms with Crippen LogP contribution in [0.1, 0.15) is 16.8 Å². The lowest BCUT2D eigenvalue weighted by Gasteiger charge is -2.18. The molecule has 1 atom stereocenters. The zero-order valence-electron chi connectivity index (χ0n) is 11.4. The number of hydrogen-bond donors (Lipinski definition) is 2. The molecule has 2 heterocycles. The quantitative estimate of drug-likeness (QED) is 0.864. The standard InChI is InChI=1S/C13H17F3N4O/c14-13(15,16)8-20-4-2-9(7-20)6-19-11-5-10(12(17)21)1-3-18-11/h1,3,5,9H,2,4,6-8H2,(H2,17,21)(H,18,19). The zero-order valence-corrected chi connectivity index (χ0v) is 11.4. The summed E-state index contributed by atoms with van der Waals surface area (Å²) in [6, 6.07) is 3.04. The van der Waals surface area contributed by atoms with Gasteiger partial charge in [0.1, 0.15) is 5.82 Å². The maximum absolute atomic E-state index is 12.3. The summed E-state index contributed by atoms with van der Waals surface area (Å²) in [5.74, 6) is 0.0876. The highest BCUT2D eigenvalue weighted by molar-refractivity contribution is 5.93. The van der Waals surface area contributed by atoms with Gasteiger partial charge in [0.05, 0.1) is 6.54 Å². The number of carbonyl (C=O) groups is 1. The van der Waals surface area contributed by atoms with Crippen LogP contribution in [0.5, 0.6) is 0 Å². The van der Waals surface area contributed by atoms with Crippen LogP contribution in [0.3, 0.4) is 0 Å². The van der Waals surface area contributed by atoms with Crippen LogP contribution in [-0.4, -0.2) is 48.1 Å². The van der Waals surface area contributed by atoms with Crippen molar-refractivity contribution in [1.82, 2.24) is 9.88 Å². The van der Waals surface area contributed by atoms with Crippen LogP contribution in [0, 0.1) is 5.92 Å². The highest BCUT2D eigenvalue weighted by atomic mass is 19.4. The van der Waals surface area contributed by atoms with E-state index in [-0.39, 0.29) is 5.92 Å². The van der Waals surface area contributed by atoms with Crippen LogP contribution in [0.25, 0.3) is 0 Å². The highest BCUT2D eigenvalue weighted by Crippen LogP contribution is 2.23. The molecule has 8 heteroatoms. The number of alkyl halides is 3. The number of nitrogens with one attached hydrogen (secondary N) is 1. The third kappa shape index (κ3) is 4.89. The van der Waals surface area contributed by atoms with E-state index < -0.39 is 18.6 Å². The Bertz CT molecular complexity index is 506. The van der Waals surface area contributed by atoms with Crippen molar-refractivity contribution in [2.24, 2.45) is 11.7 Å². The summed E-state index contributed by atoms with van der Waals surface area (Å²) in [6.07, 6.45) is -1.98. The summed E-state index contributed by atoms with van der Waals surface area (Å²) in [7, 11) is 0. The number of nitrogens with zero attached hydrogens (tertiary/aromatic N) is 2. The number of likely N-dealkylation sites (tertiary alicyclic amines) is 1. The second-order valence-electron chi connectivity index (χ2n) is 5.18. The molecule has 5 nitrogen and oxygen atoms in total. The molecule has 21 heavy (non-hydrogen) atoms. The summed E-state index contributed by atoms with van der Waals surface area (Å²) >= 11 is 0. The zero-order chi connectivity index (χ0) is 15.5. The number of nitrogens with two attached hydrogens (primary N) is 1. The molecule has 1 amide bonds. The molecule has 116 valence electrons. The average molecular weight is 302 g/mol. The fraction of sp³-hybridized carbons (Fsp3) is 0.538. The molecule has 1 fully saturated rings. The molecule has 1 saturated heterocycles. The Labute approximate surface area is 120 Å². The summed E-state index contributed by atoms with van der Waals surface area (Å²) in [4.78, 5) is 16.5. The van der Waals surface area contributed by atoms with Gasteiger partial charge in [-0.15, -0.1) is 0 Å². The summed E-state index contributed by atoms with van der Waals surface area (Å²) in [6.45, 7) is 0.505. The van der Waals surface area contributed by atoms with Crippen LogP contribution in [0.4, 0.5) is 19.0 Å². The van der Waals surface area contributed by atoms with Crippen LogP contribution in [-0.2, 0) is 0 Å². The Morgan fingerprint density at radius 3 is 2.95 bits per heavy atom. The minimum absolute atomic E-state index is 0.131. The monoisotopic (exact) mass is 302 g/mol. The number of aromatic nitrogens is 1. The van der Waals surface area contributed by atoms with Gasteiger partial charge in [0.15, 0.2) is 0 Å². The average Bonchev–Trinajstić information content (AvgIpc) is 2.82. The molecule has 0 saturated carbocycles. The van der Waals surface area contributed by atoms with E-state index in [9.17, 15) is 18.0 Å². The van der Waals surface area contributed by atoms with E-state index >= 15 is 0 Å². The van der Waals surface area contributed by atoms with E-state index in [1.807, 2.05) is 0 Å². The van der Waals surface area contributed by atoms with Gasteiger partial charge in [-0.25, -0.2) is 4.98 Å². The van der Waals surface area contributed by atoms with Crippen molar-refractivity contribution in [3.8, 4) is 0 Å². The molecule has 2 rings (SSSR count). The lowest BCUT2D eigenvalue weighted by Crippen LogP contribution is -2.33. The predicted octanol–water partition coefficient (Wildman–Crippen LogP) is 1.48. The molecule has 0 aromatic carbocycles.